The molecule has 0 aliphatic rings. The standard InChI is InChI=1S/C11H17N3/c1-9(2)14-8-11(10(3)13-14)6-5-7-12-4/h8-9,12H,7H2,1-4H3. The maximum atomic E-state index is 4.38. The van der Waals surface area contributed by atoms with Crippen molar-refractivity contribution in [3.05, 3.63) is 17.5 Å². The van der Waals surface area contributed by atoms with Gasteiger partial charge in [-0.25, -0.2) is 0 Å². The molecule has 0 saturated heterocycles. The summed E-state index contributed by atoms with van der Waals surface area (Å²) in [5.41, 5.74) is 2.02. The number of nitrogens with zero attached hydrogens (tertiary/aromatic N) is 2. The molecule has 1 N–H and O–H groups in total. The first-order valence-electron chi connectivity index (χ1n) is 4.84. The minimum Gasteiger partial charge on any atom is -0.309 e. The highest BCUT2D eigenvalue weighted by atomic mass is 15.3. The summed E-state index contributed by atoms with van der Waals surface area (Å²) in [5, 5.41) is 7.37. The highest BCUT2D eigenvalue weighted by Crippen LogP contribution is 2.08. The Morgan fingerprint density at radius 2 is 2.29 bits per heavy atom. The van der Waals surface area contributed by atoms with E-state index in [0.29, 0.717) is 12.6 Å². The third-order valence-electron chi connectivity index (χ3n) is 1.93. The molecule has 0 radical (unpaired) electrons. The van der Waals surface area contributed by atoms with E-state index in [0.717, 1.165) is 11.3 Å². The zero-order valence-corrected chi connectivity index (χ0v) is 9.26. The van der Waals surface area contributed by atoms with Gasteiger partial charge in [0.1, 0.15) is 0 Å². The molecule has 1 heterocycles. The molecule has 1 aromatic rings. The van der Waals surface area contributed by atoms with Gasteiger partial charge in [0.15, 0.2) is 0 Å². The second-order valence-corrected chi connectivity index (χ2v) is 3.53. The Labute approximate surface area is 85.5 Å². The number of rotatable bonds is 2. The number of hydrogen-bond acceptors (Lipinski definition) is 2. The highest BCUT2D eigenvalue weighted by Gasteiger charge is 2.03. The third kappa shape index (κ3) is 2.61. The maximum absolute atomic E-state index is 4.38. The van der Waals surface area contributed by atoms with Gasteiger partial charge in [0.25, 0.3) is 0 Å². The number of nitrogens with one attached hydrogen (secondary N) is 1. The number of aryl methyl sites for hydroxylation is 1. The van der Waals surface area contributed by atoms with Crippen molar-refractivity contribution in [3.63, 3.8) is 0 Å². The molecule has 0 atom stereocenters. The summed E-state index contributed by atoms with van der Waals surface area (Å²) in [4.78, 5) is 0. The molecule has 3 heteroatoms. The quantitative estimate of drug-likeness (QED) is 0.715. The average molecular weight is 191 g/mol. The molecule has 0 saturated carbocycles. The smallest absolute Gasteiger partial charge is 0.0750 e. The van der Waals surface area contributed by atoms with Crippen molar-refractivity contribution in [1.29, 1.82) is 0 Å². The van der Waals surface area contributed by atoms with Gasteiger partial charge in [-0.2, -0.15) is 5.10 Å². The van der Waals surface area contributed by atoms with Crippen molar-refractivity contribution in [2.75, 3.05) is 13.6 Å². The van der Waals surface area contributed by atoms with Crippen molar-refractivity contribution in [1.82, 2.24) is 15.1 Å². The lowest BCUT2D eigenvalue weighted by Gasteiger charge is -2.02. The predicted molar refractivity (Wildman–Crippen MR) is 58.2 cm³/mol. The zero-order valence-electron chi connectivity index (χ0n) is 9.26. The lowest BCUT2D eigenvalue weighted by Crippen LogP contribution is -2.04. The van der Waals surface area contributed by atoms with Crippen molar-refractivity contribution in [2.45, 2.75) is 26.8 Å². The Morgan fingerprint density at radius 3 is 2.79 bits per heavy atom. The van der Waals surface area contributed by atoms with Crippen molar-refractivity contribution < 1.29 is 0 Å². The molecule has 14 heavy (non-hydrogen) atoms. The Balaban J connectivity index is 2.84. The van der Waals surface area contributed by atoms with Gasteiger partial charge in [0.2, 0.25) is 0 Å². The fourth-order valence-corrected chi connectivity index (χ4v) is 1.10. The van der Waals surface area contributed by atoms with Gasteiger partial charge in [-0.3, -0.25) is 4.68 Å². The largest absolute Gasteiger partial charge is 0.309 e. The Hall–Kier alpha value is -1.27. The van der Waals surface area contributed by atoms with Crippen LogP contribution in [0, 0.1) is 18.8 Å². The fourth-order valence-electron chi connectivity index (χ4n) is 1.10. The third-order valence-corrected chi connectivity index (χ3v) is 1.93. The molecule has 1 rings (SSSR count). The second-order valence-electron chi connectivity index (χ2n) is 3.53. The first kappa shape index (κ1) is 10.8. The fraction of sp³-hybridized carbons (Fsp3) is 0.545. The van der Waals surface area contributed by atoms with Gasteiger partial charge < -0.3 is 5.32 Å². The summed E-state index contributed by atoms with van der Waals surface area (Å²) < 4.78 is 1.94. The molecule has 76 valence electrons. The summed E-state index contributed by atoms with van der Waals surface area (Å²) >= 11 is 0. The van der Waals surface area contributed by atoms with Crippen LogP contribution in [0.15, 0.2) is 6.20 Å². The number of hydrogen-bond donors (Lipinski definition) is 1. The Bertz CT molecular complexity index is 352. The molecule has 1 aromatic heterocycles. The van der Waals surface area contributed by atoms with Gasteiger partial charge >= 0.3 is 0 Å². The summed E-state index contributed by atoms with van der Waals surface area (Å²) in [7, 11) is 1.89. The summed E-state index contributed by atoms with van der Waals surface area (Å²) in [6, 6.07) is 0.397. The topological polar surface area (TPSA) is 29.9 Å². The van der Waals surface area contributed by atoms with E-state index in [1.165, 1.54) is 0 Å². The van der Waals surface area contributed by atoms with E-state index in [1.807, 2.05) is 24.9 Å². The van der Waals surface area contributed by atoms with Crippen molar-refractivity contribution in [2.24, 2.45) is 0 Å². The zero-order chi connectivity index (χ0) is 10.6. The van der Waals surface area contributed by atoms with E-state index in [2.05, 4.69) is 36.1 Å². The Morgan fingerprint density at radius 1 is 1.57 bits per heavy atom. The summed E-state index contributed by atoms with van der Waals surface area (Å²) in [5.74, 6) is 6.12. The monoisotopic (exact) mass is 191 g/mol. The molecular weight excluding hydrogens is 174 g/mol. The van der Waals surface area contributed by atoms with E-state index in [1.54, 1.807) is 0 Å². The van der Waals surface area contributed by atoms with Crippen LogP contribution >= 0.6 is 0 Å². The normalized spacial score (nSPS) is 10.1. The molecule has 0 unspecified atom stereocenters. The first-order valence-corrected chi connectivity index (χ1v) is 4.84. The average Bonchev–Trinajstić information content (AvgIpc) is 2.49. The maximum Gasteiger partial charge on any atom is 0.0750 e. The molecule has 0 aliphatic carbocycles. The predicted octanol–water partition coefficient (Wildman–Crippen LogP) is 1.34. The SMILES string of the molecule is CNCC#Cc1cn(C(C)C)nc1C. The van der Waals surface area contributed by atoms with Crippen LogP contribution in [-0.2, 0) is 0 Å². The van der Waals surface area contributed by atoms with E-state index in [9.17, 15) is 0 Å². The van der Waals surface area contributed by atoms with Crippen LogP contribution < -0.4 is 5.32 Å². The van der Waals surface area contributed by atoms with Crippen molar-refractivity contribution in [3.8, 4) is 11.8 Å². The van der Waals surface area contributed by atoms with Crippen LogP contribution in [-0.4, -0.2) is 23.4 Å². The highest BCUT2D eigenvalue weighted by molar-refractivity contribution is 5.35. The molecule has 0 amide bonds. The summed E-state index contributed by atoms with van der Waals surface area (Å²) in [6.45, 7) is 6.92. The minimum atomic E-state index is 0.397. The van der Waals surface area contributed by atoms with E-state index in [4.69, 9.17) is 0 Å². The van der Waals surface area contributed by atoms with Crippen molar-refractivity contribution >= 4 is 0 Å². The minimum absolute atomic E-state index is 0.397. The molecular formula is C11H17N3. The van der Waals surface area contributed by atoms with Gasteiger partial charge in [-0.15, -0.1) is 0 Å². The van der Waals surface area contributed by atoms with Crippen LogP contribution in [0.3, 0.4) is 0 Å². The van der Waals surface area contributed by atoms with Crippen LogP contribution in [0.1, 0.15) is 31.1 Å². The van der Waals surface area contributed by atoms with Crippen LogP contribution in [0.25, 0.3) is 0 Å². The van der Waals surface area contributed by atoms with Crippen LogP contribution in [0.2, 0.25) is 0 Å². The lowest BCUT2D eigenvalue weighted by molar-refractivity contribution is 0.529. The van der Waals surface area contributed by atoms with Gasteiger partial charge in [0, 0.05) is 12.2 Å². The van der Waals surface area contributed by atoms with Crippen LogP contribution in [0.5, 0.6) is 0 Å². The molecule has 3 nitrogen and oxygen atoms in total. The summed E-state index contributed by atoms with van der Waals surface area (Å²) in [6.07, 6.45) is 2.00. The lowest BCUT2D eigenvalue weighted by atomic mass is 10.3. The molecule has 0 bridgehead atoms. The second kappa shape index (κ2) is 4.83. The van der Waals surface area contributed by atoms with E-state index >= 15 is 0 Å². The van der Waals surface area contributed by atoms with E-state index < -0.39 is 0 Å². The van der Waals surface area contributed by atoms with Gasteiger partial charge in [0.05, 0.1) is 17.8 Å². The van der Waals surface area contributed by atoms with Crippen LogP contribution in [0.4, 0.5) is 0 Å². The first-order chi connectivity index (χ1) is 6.65. The molecule has 0 aromatic carbocycles. The van der Waals surface area contributed by atoms with E-state index in [-0.39, 0.29) is 0 Å². The van der Waals surface area contributed by atoms with Gasteiger partial charge in [-0.1, -0.05) is 11.8 Å². The molecule has 0 spiro atoms. The molecule has 0 aliphatic heterocycles. The Kier molecular flexibility index (Phi) is 3.73. The van der Waals surface area contributed by atoms with Gasteiger partial charge in [-0.05, 0) is 27.8 Å². The number of aromatic nitrogens is 2. The molecule has 0 fully saturated rings.